The molecule has 0 saturated carbocycles. The molecule has 1 atom stereocenters. The van der Waals surface area contributed by atoms with Crippen molar-refractivity contribution in [1.82, 2.24) is 9.80 Å². The maximum atomic E-state index is 11.8. The summed E-state index contributed by atoms with van der Waals surface area (Å²) in [5.74, 6) is 1.05. The van der Waals surface area contributed by atoms with Crippen molar-refractivity contribution < 1.29 is 14.7 Å². The Morgan fingerprint density at radius 2 is 2.38 bits per heavy atom. The summed E-state index contributed by atoms with van der Waals surface area (Å²) in [6.45, 7) is 2.85. The Morgan fingerprint density at radius 3 is 2.88 bits per heavy atom. The Bertz CT molecular complexity index is 319. The lowest BCUT2D eigenvalue weighted by molar-refractivity contribution is -0.137. The van der Waals surface area contributed by atoms with E-state index >= 15 is 0 Å². The molecule has 0 radical (unpaired) electrons. The molecule has 0 aromatic rings. The van der Waals surface area contributed by atoms with Crippen LogP contribution in [0.1, 0.15) is 13.3 Å². The molecule has 16 heavy (non-hydrogen) atoms. The number of nitrogens with zero attached hydrogens (tertiary/aromatic N) is 2. The lowest BCUT2D eigenvalue weighted by Crippen LogP contribution is -2.41. The standard InChI is InChI=1S/C10H16N2O3S/c1-10(15)2-3-11(6-10)8(13)4-12-7-16-5-9(12)14/h15H,2-7H2,1H3. The first-order valence-corrected chi connectivity index (χ1v) is 6.49. The van der Waals surface area contributed by atoms with Crippen molar-refractivity contribution in [2.75, 3.05) is 31.3 Å². The molecular formula is C10H16N2O3S. The van der Waals surface area contributed by atoms with Crippen LogP contribution < -0.4 is 0 Å². The Labute approximate surface area is 98.8 Å². The second-order valence-corrected chi connectivity index (χ2v) is 5.59. The average Bonchev–Trinajstić information content (AvgIpc) is 2.74. The van der Waals surface area contributed by atoms with E-state index in [0.717, 1.165) is 0 Å². The van der Waals surface area contributed by atoms with Crippen molar-refractivity contribution in [3.05, 3.63) is 0 Å². The predicted molar refractivity (Wildman–Crippen MR) is 60.9 cm³/mol. The highest BCUT2D eigenvalue weighted by atomic mass is 32.2. The molecule has 0 aromatic carbocycles. The van der Waals surface area contributed by atoms with Crippen molar-refractivity contribution in [2.45, 2.75) is 18.9 Å². The normalized spacial score (nSPS) is 30.2. The zero-order valence-corrected chi connectivity index (χ0v) is 10.1. The van der Waals surface area contributed by atoms with Crippen molar-refractivity contribution in [2.24, 2.45) is 0 Å². The Kier molecular flexibility index (Phi) is 3.12. The molecule has 0 bridgehead atoms. The summed E-state index contributed by atoms with van der Waals surface area (Å²) in [6.07, 6.45) is 0.613. The number of aliphatic hydroxyl groups is 1. The first kappa shape index (κ1) is 11.7. The van der Waals surface area contributed by atoms with Crippen molar-refractivity contribution in [3.8, 4) is 0 Å². The van der Waals surface area contributed by atoms with Gasteiger partial charge in [0.25, 0.3) is 0 Å². The maximum absolute atomic E-state index is 11.8. The predicted octanol–water partition coefficient (Wildman–Crippen LogP) is -0.497. The van der Waals surface area contributed by atoms with Gasteiger partial charge in [-0.15, -0.1) is 11.8 Å². The van der Waals surface area contributed by atoms with E-state index in [4.69, 9.17) is 0 Å². The summed E-state index contributed by atoms with van der Waals surface area (Å²) in [5, 5.41) is 9.75. The van der Waals surface area contributed by atoms with Crippen molar-refractivity contribution >= 4 is 23.6 Å². The summed E-state index contributed by atoms with van der Waals surface area (Å²) in [7, 11) is 0. The largest absolute Gasteiger partial charge is 0.388 e. The van der Waals surface area contributed by atoms with E-state index in [0.29, 0.717) is 31.1 Å². The number of carbonyl (C=O) groups excluding carboxylic acids is 2. The zero-order chi connectivity index (χ0) is 11.8. The second kappa shape index (κ2) is 4.25. The minimum absolute atomic E-state index is 0.0318. The van der Waals surface area contributed by atoms with Gasteiger partial charge in [-0.2, -0.15) is 0 Å². The number of carbonyl (C=O) groups is 2. The summed E-state index contributed by atoms with van der Waals surface area (Å²) in [5.41, 5.74) is -0.764. The van der Waals surface area contributed by atoms with Gasteiger partial charge in [-0.05, 0) is 13.3 Å². The van der Waals surface area contributed by atoms with Gasteiger partial charge in [0.05, 0.1) is 17.2 Å². The van der Waals surface area contributed by atoms with E-state index < -0.39 is 5.60 Å². The number of hydrogen-bond donors (Lipinski definition) is 1. The van der Waals surface area contributed by atoms with E-state index in [9.17, 15) is 14.7 Å². The molecule has 5 nitrogen and oxygen atoms in total. The number of likely N-dealkylation sites (tertiary alicyclic amines) is 1. The lowest BCUT2D eigenvalue weighted by Gasteiger charge is -2.22. The minimum atomic E-state index is -0.764. The molecule has 1 N–H and O–H groups in total. The SMILES string of the molecule is CC1(O)CCN(C(=O)CN2CSCC2=O)C1. The molecule has 90 valence electrons. The highest BCUT2D eigenvalue weighted by Gasteiger charge is 2.35. The number of β-amino-alcohol motifs (C(OH)–C–C–N with tert-alkyl or cyclic N) is 1. The molecule has 2 fully saturated rings. The molecular weight excluding hydrogens is 228 g/mol. The molecule has 0 aliphatic carbocycles. The summed E-state index contributed by atoms with van der Waals surface area (Å²) >= 11 is 1.53. The molecule has 2 saturated heterocycles. The van der Waals surface area contributed by atoms with Gasteiger partial charge in [-0.3, -0.25) is 9.59 Å². The average molecular weight is 244 g/mol. The van der Waals surface area contributed by atoms with Crippen LogP contribution in [0.15, 0.2) is 0 Å². The first-order valence-electron chi connectivity index (χ1n) is 5.34. The number of rotatable bonds is 2. The van der Waals surface area contributed by atoms with Crippen LogP contribution in [0, 0.1) is 0 Å². The lowest BCUT2D eigenvalue weighted by atomic mass is 10.1. The molecule has 2 aliphatic rings. The fourth-order valence-corrected chi connectivity index (χ4v) is 2.87. The molecule has 1 unspecified atom stereocenters. The zero-order valence-electron chi connectivity index (χ0n) is 9.31. The van der Waals surface area contributed by atoms with E-state index in [1.165, 1.54) is 11.8 Å². The van der Waals surface area contributed by atoms with Crippen LogP contribution in [-0.2, 0) is 9.59 Å². The van der Waals surface area contributed by atoms with Gasteiger partial charge in [0.15, 0.2) is 0 Å². The van der Waals surface area contributed by atoms with Crippen LogP contribution in [0.5, 0.6) is 0 Å². The fourth-order valence-electron chi connectivity index (χ4n) is 1.96. The van der Waals surface area contributed by atoms with E-state index in [1.807, 2.05) is 0 Å². The third-order valence-corrected chi connectivity index (χ3v) is 3.90. The van der Waals surface area contributed by atoms with Gasteiger partial charge < -0.3 is 14.9 Å². The van der Waals surface area contributed by atoms with E-state index in [2.05, 4.69) is 0 Å². The molecule has 2 amide bonds. The Morgan fingerprint density at radius 1 is 1.62 bits per heavy atom. The van der Waals surface area contributed by atoms with Crippen LogP contribution in [0.25, 0.3) is 0 Å². The summed E-state index contributed by atoms with van der Waals surface area (Å²) < 4.78 is 0. The summed E-state index contributed by atoms with van der Waals surface area (Å²) in [4.78, 5) is 26.4. The Balaban J connectivity index is 1.87. The van der Waals surface area contributed by atoms with Crippen LogP contribution in [0.3, 0.4) is 0 Å². The first-order chi connectivity index (χ1) is 7.48. The van der Waals surface area contributed by atoms with Gasteiger partial charge in [-0.25, -0.2) is 0 Å². The van der Waals surface area contributed by atoms with Gasteiger partial charge in [-0.1, -0.05) is 0 Å². The van der Waals surface area contributed by atoms with Crippen LogP contribution >= 0.6 is 11.8 Å². The molecule has 0 aromatic heterocycles. The molecule has 6 heteroatoms. The Hall–Kier alpha value is -0.750. The van der Waals surface area contributed by atoms with Gasteiger partial charge in [0.2, 0.25) is 11.8 Å². The van der Waals surface area contributed by atoms with E-state index in [-0.39, 0.29) is 18.4 Å². The highest BCUT2D eigenvalue weighted by molar-refractivity contribution is 8.00. The molecule has 2 rings (SSSR count). The quantitative estimate of drug-likeness (QED) is 0.711. The van der Waals surface area contributed by atoms with Gasteiger partial charge in [0, 0.05) is 13.1 Å². The summed E-state index contributed by atoms with van der Waals surface area (Å²) in [6, 6.07) is 0. The number of thioether (sulfide) groups is 1. The van der Waals surface area contributed by atoms with Crippen LogP contribution in [0.4, 0.5) is 0 Å². The van der Waals surface area contributed by atoms with Gasteiger partial charge >= 0.3 is 0 Å². The third-order valence-electron chi connectivity index (χ3n) is 2.96. The highest BCUT2D eigenvalue weighted by Crippen LogP contribution is 2.21. The number of amides is 2. The van der Waals surface area contributed by atoms with Crippen LogP contribution in [-0.4, -0.2) is 63.6 Å². The van der Waals surface area contributed by atoms with Gasteiger partial charge in [0.1, 0.15) is 6.54 Å². The minimum Gasteiger partial charge on any atom is -0.388 e. The molecule has 2 aliphatic heterocycles. The van der Waals surface area contributed by atoms with Crippen LogP contribution in [0.2, 0.25) is 0 Å². The second-order valence-electron chi connectivity index (χ2n) is 4.63. The molecule has 0 spiro atoms. The van der Waals surface area contributed by atoms with E-state index in [1.54, 1.807) is 16.7 Å². The number of hydrogen-bond acceptors (Lipinski definition) is 4. The molecule has 2 heterocycles. The van der Waals surface area contributed by atoms with Crippen molar-refractivity contribution in [3.63, 3.8) is 0 Å². The maximum Gasteiger partial charge on any atom is 0.242 e. The third kappa shape index (κ3) is 2.49. The fraction of sp³-hybridized carbons (Fsp3) is 0.800. The topological polar surface area (TPSA) is 60.9 Å². The smallest absolute Gasteiger partial charge is 0.242 e. The monoisotopic (exact) mass is 244 g/mol. The van der Waals surface area contributed by atoms with Crippen molar-refractivity contribution in [1.29, 1.82) is 0 Å².